The molecule has 0 bridgehead atoms. The van der Waals surface area contributed by atoms with E-state index < -0.39 is 0 Å². The number of amides is 2. The van der Waals surface area contributed by atoms with E-state index in [2.05, 4.69) is 35.4 Å². The third-order valence-electron chi connectivity index (χ3n) is 4.46. The third-order valence-corrected chi connectivity index (χ3v) is 4.46. The Morgan fingerprint density at radius 1 is 0.929 bits per heavy atom. The number of benzene rings is 2. The smallest absolute Gasteiger partial charge is 0.255 e. The van der Waals surface area contributed by atoms with Crippen LogP contribution >= 0.6 is 0 Å². The van der Waals surface area contributed by atoms with Crippen LogP contribution in [0.2, 0.25) is 0 Å². The van der Waals surface area contributed by atoms with E-state index in [1.54, 1.807) is 24.3 Å². The van der Waals surface area contributed by atoms with Crippen molar-refractivity contribution in [1.82, 2.24) is 5.32 Å². The molecule has 0 saturated carbocycles. The number of nitrogens with zero attached hydrogens (tertiary/aromatic N) is 1. The van der Waals surface area contributed by atoms with Crippen molar-refractivity contribution >= 4 is 23.2 Å². The maximum atomic E-state index is 12.7. The lowest BCUT2D eigenvalue weighted by atomic mass is 10.1. The fourth-order valence-corrected chi connectivity index (χ4v) is 2.98. The quantitative estimate of drug-likeness (QED) is 0.767. The molecule has 5 nitrogen and oxygen atoms in total. The van der Waals surface area contributed by atoms with Gasteiger partial charge in [0.15, 0.2) is 0 Å². The van der Waals surface area contributed by atoms with Crippen LogP contribution in [0.3, 0.4) is 0 Å². The Kier molecular flexibility index (Phi) is 6.84. The average molecular weight is 382 g/mol. The molecule has 5 heteroatoms. The molecule has 0 fully saturated rings. The Balaban J connectivity index is 2.17. The van der Waals surface area contributed by atoms with Crippen LogP contribution in [0.5, 0.6) is 0 Å². The summed E-state index contributed by atoms with van der Waals surface area (Å²) in [5.74, 6) is -0.425. The first-order valence-electron chi connectivity index (χ1n) is 9.74. The first-order chi connectivity index (χ1) is 13.1. The van der Waals surface area contributed by atoms with Gasteiger partial charge in [0.1, 0.15) is 0 Å². The molecule has 0 radical (unpaired) electrons. The number of hydrogen-bond donors (Lipinski definition) is 2. The number of nitrogens with one attached hydrogen (secondary N) is 2. The molecular weight excluding hydrogens is 350 g/mol. The van der Waals surface area contributed by atoms with Gasteiger partial charge in [0.25, 0.3) is 11.8 Å². The molecule has 2 N–H and O–H groups in total. The summed E-state index contributed by atoms with van der Waals surface area (Å²) in [6.07, 6.45) is 0. The molecule has 0 spiro atoms. The Morgan fingerprint density at radius 3 is 2.07 bits per heavy atom. The molecule has 0 heterocycles. The van der Waals surface area contributed by atoms with Gasteiger partial charge in [0.05, 0.1) is 0 Å². The van der Waals surface area contributed by atoms with E-state index in [-0.39, 0.29) is 17.4 Å². The molecule has 2 aromatic rings. The molecule has 0 aliphatic heterocycles. The molecule has 150 valence electrons. The van der Waals surface area contributed by atoms with Crippen LogP contribution in [0.25, 0.3) is 0 Å². The highest BCUT2D eigenvalue weighted by atomic mass is 16.2. The van der Waals surface area contributed by atoms with Gasteiger partial charge in [0, 0.05) is 41.1 Å². The fraction of sp³-hybridized carbons (Fsp3) is 0.391. The number of hydrogen-bond acceptors (Lipinski definition) is 3. The summed E-state index contributed by atoms with van der Waals surface area (Å²) in [5, 5.41) is 5.87. The molecule has 2 aromatic carbocycles. The van der Waals surface area contributed by atoms with E-state index in [0.717, 1.165) is 30.0 Å². The van der Waals surface area contributed by atoms with E-state index in [1.165, 1.54) is 0 Å². The van der Waals surface area contributed by atoms with Crippen LogP contribution < -0.4 is 15.5 Å². The van der Waals surface area contributed by atoms with Gasteiger partial charge >= 0.3 is 0 Å². The zero-order chi connectivity index (χ0) is 20.9. The van der Waals surface area contributed by atoms with E-state index in [9.17, 15) is 9.59 Å². The van der Waals surface area contributed by atoms with Crippen molar-refractivity contribution in [1.29, 1.82) is 0 Å². The van der Waals surface area contributed by atoms with Crippen LogP contribution in [0.1, 0.15) is 60.9 Å². The normalized spacial score (nSPS) is 11.1. The van der Waals surface area contributed by atoms with Gasteiger partial charge in [0.2, 0.25) is 0 Å². The largest absolute Gasteiger partial charge is 0.372 e. The van der Waals surface area contributed by atoms with Gasteiger partial charge in [-0.05, 0) is 83.5 Å². The summed E-state index contributed by atoms with van der Waals surface area (Å²) in [7, 11) is 0. The lowest BCUT2D eigenvalue weighted by Gasteiger charge is -2.22. The summed E-state index contributed by atoms with van der Waals surface area (Å²) in [4.78, 5) is 27.3. The van der Waals surface area contributed by atoms with Crippen molar-refractivity contribution in [3.63, 3.8) is 0 Å². The lowest BCUT2D eigenvalue weighted by molar-refractivity contribution is 0.0919. The Morgan fingerprint density at radius 2 is 1.54 bits per heavy atom. The minimum absolute atomic E-state index is 0.193. The van der Waals surface area contributed by atoms with Gasteiger partial charge in [-0.3, -0.25) is 9.59 Å². The second-order valence-corrected chi connectivity index (χ2v) is 7.91. The molecule has 0 aliphatic rings. The van der Waals surface area contributed by atoms with Crippen molar-refractivity contribution in [2.75, 3.05) is 23.3 Å². The molecule has 0 aliphatic carbocycles. The number of carbonyl (C=O) groups excluding carboxylic acids is 2. The zero-order valence-electron chi connectivity index (χ0n) is 17.7. The highest BCUT2D eigenvalue weighted by Gasteiger charge is 2.17. The van der Waals surface area contributed by atoms with Crippen LogP contribution in [0.15, 0.2) is 42.5 Å². The molecule has 28 heavy (non-hydrogen) atoms. The van der Waals surface area contributed by atoms with Crippen molar-refractivity contribution < 1.29 is 9.59 Å². The number of anilines is 2. The molecule has 0 aromatic heterocycles. The highest BCUT2D eigenvalue weighted by Crippen LogP contribution is 2.23. The third kappa shape index (κ3) is 5.59. The second kappa shape index (κ2) is 8.91. The van der Waals surface area contributed by atoms with Crippen molar-refractivity contribution in [2.24, 2.45) is 0 Å². The SMILES string of the molecule is CCN(CC)c1ccc(NC(=O)c2cccc(C(=O)NC(C)(C)C)c2)c(C)c1. The second-order valence-electron chi connectivity index (χ2n) is 7.91. The minimum atomic E-state index is -0.334. The molecule has 0 saturated heterocycles. The predicted molar refractivity (Wildman–Crippen MR) is 116 cm³/mol. The van der Waals surface area contributed by atoms with E-state index >= 15 is 0 Å². The number of rotatable bonds is 6. The number of aryl methyl sites for hydroxylation is 1. The van der Waals surface area contributed by atoms with E-state index in [1.807, 2.05) is 39.8 Å². The fourth-order valence-electron chi connectivity index (χ4n) is 2.98. The molecule has 2 rings (SSSR count). The minimum Gasteiger partial charge on any atom is -0.372 e. The monoisotopic (exact) mass is 381 g/mol. The van der Waals surface area contributed by atoms with Crippen LogP contribution in [0.4, 0.5) is 11.4 Å². The summed E-state index contributed by atoms with van der Waals surface area (Å²) in [5.41, 5.74) is 3.50. The van der Waals surface area contributed by atoms with Gasteiger partial charge in [-0.2, -0.15) is 0 Å². The number of carbonyl (C=O) groups is 2. The first kappa shape index (κ1) is 21.5. The average Bonchev–Trinajstić information content (AvgIpc) is 2.63. The van der Waals surface area contributed by atoms with Crippen molar-refractivity contribution in [3.8, 4) is 0 Å². The molecule has 2 amide bonds. The van der Waals surface area contributed by atoms with Gasteiger partial charge in [-0.15, -0.1) is 0 Å². The maximum Gasteiger partial charge on any atom is 0.255 e. The zero-order valence-corrected chi connectivity index (χ0v) is 17.7. The Hall–Kier alpha value is -2.82. The van der Waals surface area contributed by atoms with Crippen molar-refractivity contribution in [2.45, 2.75) is 47.1 Å². The van der Waals surface area contributed by atoms with Gasteiger partial charge < -0.3 is 15.5 Å². The summed E-state index contributed by atoms with van der Waals surface area (Å²) in [6, 6.07) is 12.8. The van der Waals surface area contributed by atoms with Crippen LogP contribution in [0, 0.1) is 6.92 Å². The molecule has 0 atom stereocenters. The Labute approximate surface area is 168 Å². The first-order valence-corrected chi connectivity index (χ1v) is 9.74. The topological polar surface area (TPSA) is 61.4 Å². The van der Waals surface area contributed by atoms with Crippen LogP contribution in [-0.2, 0) is 0 Å². The predicted octanol–water partition coefficient (Wildman–Crippen LogP) is 4.62. The summed E-state index contributed by atoms with van der Waals surface area (Å²) < 4.78 is 0. The summed E-state index contributed by atoms with van der Waals surface area (Å²) in [6.45, 7) is 13.9. The molecular formula is C23H31N3O2. The highest BCUT2D eigenvalue weighted by molar-refractivity contribution is 6.06. The van der Waals surface area contributed by atoms with E-state index in [4.69, 9.17) is 0 Å². The van der Waals surface area contributed by atoms with Gasteiger partial charge in [-0.25, -0.2) is 0 Å². The molecule has 0 unspecified atom stereocenters. The van der Waals surface area contributed by atoms with Gasteiger partial charge in [-0.1, -0.05) is 6.07 Å². The summed E-state index contributed by atoms with van der Waals surface area (Å²) >= 11 is 0. The standard InChI is InChI=1S/C23H31N3O2/c1-7-26(8-2)19-12-13-20(16(3)14-19)24-21(27)17-10-9-11-18(15-17)22(28)25-23(4,5)6/h9-15H,7-8H2,1-6H3,(H,24,27)(H,25,28). The van der Waals surface area contributed by atoms with E-state index in [0.29, 0.717) is 11.1 Å². The Bertz CT molecular complexity index is 849. The van der Waals surface area contributed by atoms with Crippen LogP contribution in [-0.4, -0.2) is 30.4 Å². The van der Waals surface area contributed by atoms with Crippen molar-refractivity contribution in [3.05, 3.63) is 59.2 Å². The lowest BCUT2D eigenvalue weighted by Crippen LogP contribution is -2.40. The maximum absolute atomic E-state index is 12.7.